The minimum Gasteiger partial charge on any atom is -0.508 e. The van der Waals surface area contributed by atoms with Crippen LogP contribution in [0.4, 0.5) is 0 Å². The average Bonchev–Trinajstić information content (AvgIpc) is 2.32. The number of nitrogens with zero attached hydrogens (tertiary/aromatic N) is 2. The van der Waals surface area contributed by atoms with Crippen molar-refractivity contribution in [2.24, 2.45) is 0 Å². The molecular formula is C14H22N2O. The Bertz CT molecular complexity index is 350. The van der Waals surface area contributed by atoms with Crippen molar-refractivity contribution < 1.29 is 5.11 Å². The Hall–Kier alpha value is -1.06. The van der Waals surface area contributed by atoms with E-state index in [2.05, 4.69) is 23.6 Å². The molecular weight excluding hydrogens is 212 g/mol. The molecule has 1 aliphatic rings. The van der Waals surface area contributed by atoms with E-state index in [0.29, 0.717) is 11.8 Å². The monoisotopic (exact) mass is 234 g/mol. The zero-order valence-electron chi connectivity index (χ0n) is 10.8. The van der Waals surface area contributed by atoms with Crippen LogP contribution in [0.3, 0.4) is 0 Å². The summed E-state index contributed by atoms with van der Waals surface area (Å²) in [4.78, 5) is 5.01. The first-order valence-electron chi connectivity index (χ1n) is 6.43. The molecule has 1 unspecified atom stereocenters. The molecule has 0 spiro atoms. The van der Waals surface area contributed by atoms with Crippen molar-refractivity contribution in [3.8, 4) is 5.75 Å². The molecule has 3 nitrogen and oxygen atoms in total. The van der Waals surface area contributed by atoms with E-state index in [-0.39, 0.29) is 0 Å². The predicted molar refractivity (Wildman–Crippen MR) is 70.1 cm³/mol. The van der Waals surface area contributed by atoms with Gasteiger partial charge in [0.2, 0.25) is 0 Å². The van der Waals surface area contributed by atoms with Gasteiger partial charge in [-0.1, -0.05) is 19.1 Å². The highest BCUT2D eigenvalue weighted by Gasteiger charge is 2.21. The third-order valence-corrected chi connectivity index (χ3v) is 3.60. The molecule has 1 aromatic rings. The van der Waals surface area contributed by atoms with Gasteiger partial charge in [0.05, 0.1) is 0 Å². The van der Waals surface area contributed by atoms with Gasteiger partial charge < -0.3 is 5.11 Å². The number of hydrogen-bond acceptors (Lipinski definition) is 3. The maximum atomic E-state index is 9.25. The van der Waals surface area contributed by atoms with Crippen LogP contribution >= 0.6 is 0 Å². The molecule has 0 bridgehead atoms. The zero-order valence-corrected chi connectivity index (χ0v) is 10.8. The minimum absolute atomic E-state index is 0.345. The molecule has 1 atom stereocenters. The Morgan fingerprint density at radius 2 is 1.94 bits per heavy atom. The van der Waals surface area contributed by atoms with Crippen LogP contribution in [0.25, 0.3) is 0 Å². The van der Waals surface area contributed by atoms with Gasteiger partial charge in [0.25, 0.3) is 0 Å². The van der Waals surface area contributed by atoms with E-state index in [1.54, 1.807) is 12.1 Å². The van der Waals surface area contributed by atoms with Crippen LogP contribution in [0.1, 0.15) is 19.4 Å². The molecule has 0 aliphatic carbocycles. The summed E-state index contributed by atoms with van der Waals surface area (Å²) in [6.45, 7) is 10.1. The lowest BCUT2D eigenvalue weighted by Crippen LogP contribution is -2.51. The van der Waals surface area contributed by atoms with Crippen LogP contribution in [0, 0.1) is 0 Å². The van der Waals surface area contributed by atoms with E-state index < -0.39 is 0 Å². The van der Waals surface area contributed by atoms with Crippen molar-refractivity contribution in [3.05, 3.63) is 29.8 Å². The number of phenolic OH excluding ortho intramolecular Hbond substituents is 1. The highest BCUT2D eigenvalue weighted by molar-refractivity contribution is 5.25. The van der Waals surface area contributed by atoms with E-state index >= 15 is 0 Å². The van der Waals surface area contributed by atoms with Gasteiger partial charge >= 0.3 is 0 Å². The van der Waals surface area contributed by atoms with E-state index in [9.17, 15) is 5.11 Å². The van der Waals surface area contributed by atoms with E-state index in [1.807, 2.05) is 12.1 Å². The summed E-state index contributed by atoms with van der Waals surface area (Å²) in [6, 6.07) is 8.19. The SMILES string of the molecule is CCN1CCN(Cc2ccc(O)cc2)CC1C. The summed E-state index contributed by atoms with van der Waals surface area (Å²) in [5, 5.41) is 9.25. The van der Waals surface area contributed by atoms with Crippen LogP contribution < -0.4 is 0 Å². The summed E-state index contributed by atoms with van der Waals surface area (Å²) in [6.07, 6.45) is 0. The molecule has 0 amide bonds. The van der Waals surface area contributed by atoms with Gasteiger partial charge in [-0.05, 0) is 31.2 Å². The van der Waals surface area contributed by atoms with E-state index in [4.69, 9.17) is 0 Å². The lowest BCUT2D eigenvalue weighted by molar-refractivity contribution is 0.0834. The molecule has 17 heavy (non-hydrogen) atoms. The Kier molecular flexibility index (Phi) is 4.02. The average molecular weight is 234 g/mol. The van der Waals surface area contributed by atoms with Gasteiger partial charge in [0, 0.05) is 32.2 Å². The van der Waals surface area contributed by atoms with Gasteiger partial charge in [0.1, 0.15) is 5.75 Å². The van der Waals surface area contributed by atoms with Crippen molar-refractivity contribution in [2.45, 2.75) is 26.4 Å². The first-order valence-corrected chi connectivity index (χ1v) is 6.43. The van der Waals surface area contributed by atoms with Crippen LogP contribution in [0.5, 0.6) is 5.75 Å². The van der Waals surface area contributed by atoms with Crippen molar-refractivity contribution in [3.63, 3.8) is 0 Å². The largest absolute Gasteiger partial charge is 0.508 e. The number of piperazine rings is 1. The van der Waals surface area contributed by atoms with Crippen LogP contribution in [-0.2, 0) is 6.54 Å². The molecule has 1 saturated heterocycles. The highest BCUT2D eigenvalue weighted by Crippen LogP contribution is 2.15. The van der Waals surface area contributed by atoms with Crippen LogP contribution in [-0.4, -0.2) is 47.1 Å². The molecule has 2 rings (SSSR count). The van der Waals surface area contributed by atoms with Gasteiger partial charge in [-0.25, -0.2) is 0 Å². The topological polar surface area (TPSA) is 26.7 Å². The molecule has 1 fully saturated rings. The first-order chi connectivity index (χ1) is 8.19. The quantitative estimate of drug-likeness (QED) is 0.865. The van der Waals surface area contributed by atoms with Crippen LogP contribution in [0.15, 0.2) is 24.3 Å². The molecule has 0 saturated carbocycles. The van der Waals surface area contributed by atoms with Gasteiger partial charge in [-0.15, -0.1) is 0 Å². The number of rotatable bonds is 3. The van der Waals surface area contributed by atoms with Gasteiger partial charge in [-0.2, -0.15) is 0 Å². The fourth-order valence-electron chi connectivity index (χ4n) is 2.54. The van der Waals surface area contributed by atoms with Crippen LogP contribution in [0.2, 0.25) is 0 Å². The summed E-state index contributed by atoms with van der Waals surface area (Å²) in [5.74, 6) is 0.345. The molecule has 0 radical (unpaired) electrons. The Morgan fingerprint density at radius 3 is 2.53 bits per heavy atom. The fourth-order valence-corrected chi connectivity index (χ4v) is 2.54. The van der Waals surface area contributed by atoms with Crippen molar-refractivity contribution in [1.29, 1.82) is 0 Å². The maximum Gasteiger partial charge on any atom is 0.115 e. The summed E-state index contributed by atoms with van der Waals surface area (Å²) in [7, 11) is 0. The van der Waals surface area contributed by atoms with E-state index in [0.717, 1.165) is 32.7 Å². The van der Waals surface area contributed by atoms with Gasteiger partial charge in [0.15, 0.2) is 0 Å². The normalized spacial score (nSPS) is 22.8. The predicted octanol–water partition coefficient (Wildman–Crippen LogP) is 1.92. The summed E-state index contributed by atoms with van der Waals surface area (Å²) >= 11 is 0. The molecule has 1 aromatic carbocycles. The highest BCUT2D eigenvalue weighted by atomic mass is 16.3. The fraction of sp³-hybridized carbons (Fsp3) is 0.571. The first kappa shape index (κ1) is 12.4. The third kappa shape index (κ3) is 3.20. The second kappa shape index (κ2) is 5.52. The number of benzene rings is 1. The van der Waals surface area contributed by atoms with Crippen molar-refractivity contribution in [2.75, 3.05) is 26.2 Å². The molecule has 1 N–H and O–H groups in total. The van der Waals surface area contributed by atoms with Crippen molar-refractivity contribution in [1.82, 2.24) is 9.80 Å². The second-order valence-electron chi connectivity index (χ2n) is 4.88. The number of hydrogen-bond donors (Lipinski definition) is 1. The molecule has 1 heterocycles. The minimum atomic E-state index is 0.345. The Labute approximate surface area is 104 Å². The number of likely N-dealkylation sites (N-methyl/N-ethyl adjacent to an activating group) is 1. The third-order valence-electron chi connectivity index (χ3n) is 3.60. The standard InChI is InChI=1S/C14H22N2O/c1-3-16-9-8-15(10-12(16)2)11-13-4-6-14(17)7-5-13/h4-7,12,17H,3,8-11H2,1-2H3. The second-order valence-corrected chi connectivity index (χ2v) is 4.88. The lowest BCUT2D eigenvalue weighted by Gasteiger charge is -2.39. The molecule has 0 aromatic heterocycles. The molecule has 94 valence electrons. The zero-order chi connectivity index (χ0) is 12.3. The molecule has 1 aliphatic heterocycles. The summed E-state index contributed by atoms with van der Waals surface area (Å²) < 4.78 is 0. The van der Waals surface area contributed by atoms with E-state index in [1.165, 1.54) is 5.56 Å². The van der Waals surface area contributed by atoms with Gasteiger partial charge in [-0.3, -0.25) is 9.80 Å². The number of aromatic hydroxyl groups is 1. The Balaban J connectivity index is 1.90. The summed E-state index contributed by atoms with van der Waals surface area (Å²) in [5.41, 5.74) is 1.28. The lowest BCUT2D eigenvalue weighted by atomic mass is 10.1. The molecule has 3 heteroatoms. The number of phenols is 1. The van der Waals surface area contributed by atoms with Crippen molar-refractivity contribution >= 4 is 0 Å². The Morgan fingerprint density at radius 1 is 1.24 bits per heavy atom. The smallest absolute Gasteiger partial charge is 0.115 e. The maximum absolute atomic E-state index is 9.25.